The topological polar surface area (TPSA) is 49.8 Å². The quantitative estimate of drug-likeness (QED) is 0.906. The summed E-state index contributed by atoms with van der Waals surface area (Å²) in [4.78, 5) is 15.0. The minimum atomic E-state index is -0.0103. The fraction of sp³-hybridized carbons (Fsp3) is 0.650. The molecule has 0 bridgehead atoms. The maximum absolute atomic E-state index is 13.1. The van der Waals surface area contributed by atoms with Crippen LogP contribution in [0.1, 0.15) is 36.5 Å². The third kappa shape index (κ3) is 2.26. The number of likely N-dealkylation sites (tertiary alicyclic amines) is 1. The standard InChI is InChI=1S/C20H27NO3/c1-12-6-16-18(7-13(12)2)24-5-4-20(16)8-17(20)19(23)21-9-14(3)15(10-21)11-22/h6-7,14-15,17,22H,4-5,8-11H2,1-3H3/t14-,15+,17+,20+/m1/s1. The van der Waals surface area contributed by atoms with E-state index in [0.29, 0.717) is 19.1 Å². The maximum Gasteiger partial charge on any atom is 0.226 e. The number of rotatable bonds is 2. The number of nitrogens with zero attached hydrogens (tertiary/aromatic N) is 1. The van der Waals surface area contributed by atoms with E-state index in [1.165, 1.54) is 16.7 Å². The maximum atomic E-state index is 13.1. The Morgan fingerprint density at radius 1 is 1.33 bits per heavy atom. The molecule has 4 atom stereocenters. The Bertz CT molecular complexity index is 686. The summed E-state index contributed by atoms with van der Waals surface area (Å²) in [7, 11) is 0. The van der Waals surface area contributed by atoms with Gasteiger partial charge < -0.3 is 14.7 Å². The van der Waals surface area contributed by atoms with Gasteiger partial charge in [-0.2, -0.15) is 0 Å². The lowest BCUT2D eigenvalue weighted by molar-refractivity contribution is -0.132. The zero-order chi connectivity index (χ0) is 17.1. The first-order chi connectivity index (χ1) is 11.5. The summed E-state index contributed by atoms with van der Waals surface area (Å²) in [6.07, 6.45) is 1.88. The Labute approximate surface area is 143 Å². The van der Waals surface area contributed by atoms with Gasteiger partial charge in [0.15, 0.2) is 0 Å². The lowest BCUT2D eigenvalue weighted by atomic mass is 9.85. The first-order valence-electron chi connectivity index (χ1n) is 9.10. The number of carbonyl (C=O) groups excluding carboxylic acids is 1. The van der Waals surface area contributed by atoms with Crippen LogP contribution in [0.4, 0.5) is 0 Å². The molecule has 24 heavy (non-hydrogen) atoms. The Kier molecular flexibility index (Phi) is 3.64. The number of aliphatic hydroxyl groups is 1. The second-order valence-corrected chi connectivity index (χ2v) is 8.11. The number of aryl methyl sites for hydroxylation is 2. The molecule has 2 heterocycles. The van der Waals surface area contributed by atoms with Crippen LogP contribution in [0.3, 0.4) is 0 Å². The van der Waals surface area contributed by atoms with Crippen LogP contribution < -0.4 is 4.74 Å². The lowest BCUT2D eigenvalue weighted by Crippen LogP contribution is -2.34. The molecule has 4 heteroatoms. The fourth-order valence-corrected chi connectivity index (χ4v) is 4.65. The van der Waals surface area contributed by atoms with E-state index in [1.807, 2.05) is 4.90 Å². The average Bonchev–Trinajstić information content (AvgIpc) is 3.14. The number of amides is 1. The van der Waals surface area contributed by atoms with Gasteiger partial charge in [0.2, 0.25) is 5.91 Å². The minimum Gasteiger partial charge on any atom is -0.493 e. The normalized spacial score (nSPS) is 34.2. The summed E-state index contributed by atoms with van der Waals surface area (Å²) < 4.78 is 5.88. The summed E-state index contributed by atoms with van der Waals surface area (Å²) >= 11 is 0. The van der Waals surface area contributed by atoms with Crippen LogP contribution in [0.25, 0.3) is 0 Å². The molecule has 4 rings (SSSR count). The van der Waals surface area contributed by atoms with Crippen molar-refractivity contribution < 1.29 is 14.6 Å². The molecule has 1 N–H and O–H groups in total. The third-order valence-corrected chi connectivity index (χ3v) is 6.63. The first-order valence-corrected chi connectivity index (χ1v) is 9.10. The summed E-state index contributed by atoms with van der Waals surface area (Å²) in [6.45, 7) is 8.74. The van der Waals surface area contributed by atoms with Gasteiger partial charge in [0.1, 0.15) is 5.75 Å². The van der Waals surface area contributed by atoms with Gasteiger partial charge in [0.25, 0.3) is 0 Å². The number of carbonyl (C=O) groups is 1. The monoisotopic (exact) mass is 329 g/mol. The predicted octanol–water partition coefficient (Wildman–Crippen LogP) is 2.43. The highest BCUT2D eigenvalue weighted by atomic mass is 16.5. The molecule has 2 fully saturated rings. The van der Waals surface area contributed by atoms with Gasteiger partial charge in [-0.3, -0.25) is 4.79 Å². The molecule has 1 aliphatic carbocycles. The van der Waals surface area contributed by atoms with Crippen LogP contribution >= 0.6 is 0 Å². The minimum absolute atomic E-state index is 0.0103. The number of hydrogen-bond donors (Lipinski definition) is 1. The van der Waals surface area contributed by atoms with Gasteiger partial charge in [-0.15, -0.1) is 0 Å². The molecule has 2 aliphatic heterocycles. The Balaban J connectivity index is 1.58. The van der Waals surface area contributed by atoms with Gasteiger partial charge in [-0.05, 0) is 49.8 Å². The highest BCUT2D eigenvalue weighted by molar-refractivity contribution is 5.85. The van der Waals surface area contributed by atoms with Crippen LogP contribution in [0.2, 0.25) is 0 Å². The largest absolute Gasteiger partial charge is 0.493 e. The molecule has 130 valence electrons. The molecule has 0 unspecified atom stereocenters. The van der Waals surface area contributed by atoms with Crippen molar-refractivity contribution in [2.75, 3.05) is 26.3 Å². The van der Waals surface area contributed by atoms with Crippen molar-refractivity contribution >= 4 is 5.91 Å². The fourth-order valence-electron chi connectivity index (χ4n) is 4.65. The third-order valence-electron chi connectivity index (χ3n) is 6.63. The molecular formula is C20H27NO3. The van der Waals surface area contributed by atoms with Gasteiger partial charge in [-0.1, -0.05) is 13.0 Å². The van der Waals surface area contributed by atoms with Crippen molar-refractivity contribution in [1.82, 2.24) is 4.90 Å². The molecule has 0 radical (unpaired) electrons. The zero-order valence-corrected chi connectivity index (χ0v) is 14.8. The van der Waals surface area contributed by atoms with E-state index >= 15 is 0 Å². The van der Waals surface area contributed by atoms with Crippen molar-refractivity contribution in [3.63, 3.8) is 0 Å². The van der Waals surface area contributed by atoms with Crippen LogP contribution in [-0.4, -0.2) is 42.2 Å². The molecular weight excluding hydrogens is 302 g/mol. The van der Waals surface area contributed by atoms with E-state index in [9.17, 15) is 9.90 Å². The van der Waals surface area contributed by atoms with Crippen molar-refractivity contribution in [3.05, 3.63) is 28.8 Å². The van der Waals surface area contributed by atoms with Crippen LogP contribution in [0.15, 0.2) is 12.1 Å². The number of aliphatic hydroxyl groups excluding tert-OH is 1. The summed E-state index contributed by atoms with van der Waals surface area (Å²) in [6, 6.07) is 4.37. The van der Waals surface area contributed by atoms with Crippen molar-refractivity contribution in [2.45, 2.75) is 39.0 Å². The molecule has 1 amide bonds. The van der Waals surface area contributed by atoms with Crippen molar-refractivity contribution in [1.29, 1.82) is 0 Å². The highest BCUT2D eigenvalue weighted by Gasteiger charge is 2.62. The van der Waals surface area contributed by atoms with E-state index in [0.717, 1.165) is 25.1 Å². The Morgan fingerprint density at radius 2 is 2.08 bits per heavy atom. The smallest absolute Gasteiger partial charge is 0.226 e. The highest BCUT2D eigenvalue weighted by Crippen LogP contribution is 2.61. The van der Waals surface area contributed by atoms with E-state index in [1.54, 1.807) is 0 Å². The second kappa shape index (κ2) is 5.48. The Morgan fingerprint density at radius 3 is 2.79 bits per heavy atom. The second-order valence-electron chi connectivity index (χ2n) is 8.11. The molecule has 1 saturated carbocycles. The predicted molar refractivity (Wildman–Crippen MR) is 92.1 cm³/mol. The van der Waals surface area contributed by atoms with E-state index in [2.05, 4.69) is 32.9 Å². The first kappa shape index (κ1) is 15.9. The Hall–Kier alpha value is -1.55. The SMILES string of the molecule is Cc1cc2c(cc1C)[C@]1(CCO2)C[C@H]1C(=O)N1C[C@@H](CO)[C@H](C)C1. The summed E-state index contributed by atoms with van der Waals surface area (Å²) in [5, 5.41) is 9.46. The molecule has 3 aliphatic rings. The summed E-state index contributed by atoms with van der Waals surface area (Å²) in [5.41, 5.74) is 3.74. The van der Waals surface area contributed by atoms with Crippen molar-refractivity contribution in [2.24, 2.45) is 17.8 Å². The van der Waals surface area contributed by atoms with Crippen LogP contribution in [0, 0.1) is 31.6 Å². The summed E-state index contributed by atoms with van der Waals surface area (Å²) in [5.74, 6) is 1.97. The van der Waals surface area contributed by atoms with E-state index in [4.69, 9.17) is 4.74 Å². The van der Waals surface area contributed by atoms with E-state index in [-0.39, 0.29) is 29.8 Å². The number of fused-ring (bicyclic) bond motifs is 2. The van der Waals surface area contributed by atoms with E-state index < -0.39 is 0 Å². The average molecular weight is 329 g/mol. The lowest BCUT2D eigenvalue weighted by Gasteiger charge is -2.29. The van der Waals surface area contributed by atoms with Gasteiger partial charge in [-0.25, -0.2) is 0 Å². The van der Waals surface area contributed by atoms with Gasteiger partial charge in [0, 0.05) is 42.5 Å². The zero-order valence-electron chi connectivity index (χ0n) is 14.8. The van der Waals surface area contributed by atoms with Crippen LogP contribution in [-0.2, 0) is 10.2 Å². The van der Waals surface area contributed by atoms with Gasteiger partial charge in [0.05, 0.1) is 6.61 Å². The molecule has 1 aromatic carbocycles. The number of benzene rings is 1. The number of hydrogen-bond acceptors (Lipinski definition) is 3. The molecule has 1 saturated heterocycles. The number of ether oxygens (including phenoxy) is 1. The van der Waals surface area contributed by atoms with Crippen molar-refractivity contribution in [3.8, 4) is 5.75 Å². The molecule has 4 nitrogen and oxygen atoms in total. The molecule has 1 aromatic rings. The van der Waals surface area contributed by atoms with Gasteiger partial charge >= 0.3 is 0 Å². The molecule has 0 aromatic heterocycles. The van der Waals surface area contributed by atoms with Crippen LogP contribution in [0.5, 0.6) is 5.75 Å². The molecule has 1 spiro atoms.